The average molecular weight is 317 g/mol. The fourth-order valence-electron chi connectivity index (χ4n) is 4.37. The van der Waals surface area contributed by atoms with Gasteiger partial charge < -0.3 is 5.32 Å². The molecule has 0 spiro atoms. The molecule has 2 aliphatic carbocycles. The van der Waals surface area contributed by atoms with Crippen LogP contribution in [0.2, 0.25) is 0 Å². The standard InChI is InChI=1S/C20H32NP/c1-4-10-18(11-5-1)21-16-17-22(19-12-6-2-7-13-19)20-14-8-3-9-15-20/h1,4-5,10-11,19-21H,2-3,6-9,12-17H2. The monoisotopic (exact) mass is 317 g/mol. The Bertz CT molecular complexity index is 389. The van der Waals surface area contributed by atoms with Crippen molar-refractivity contribution in [2.75, 3.05) is 18.0 Å². The third kappa shape index (κ3) is 4.72. The highest BCUT2D eigenvalue weighted by Gasteiger charge is 2.30. The average Bonchev–Trinajstić information content (AvgIpc) is 2.61. The molecule has 0 aromatic heterocycles. The van der Waals surface area contributed by atoms with Gasteiger partial charge in [0.05, 0.1) is 0 Å². The lowest BCUT2D eigenvalue weighted by Crippen LogP contribution is -2.24. The third-order valence-corrected chi connectivity index (χ3v) is 9.21. The first-order valence-electron chi connectivity index (χ1n) is 9.48. The Labute approximate surface area is 138 Å². The van der Waals surface area contributed by atoms with Crippen molar-refractivity contribution in [3.05, 3.63) is 30.3 Å². The Morgan fingerprint density at radius 1 is 0.773 bits per heavy atom. The molecule has 0 heterocycles. The number of para-hydroxylation sites is 1. The second kappa shape index (κ2) is 8.92. The van der Waals surface area contributed by atoms with E-state index in [9.17, 15) is 0 Å². The lowest BCUT2D eigenvalue weighted by atomic mass is 9.99. The fourth-order valence-corrected chi connectivity index (χ4v) is 8.13. The highest BCUT2D eigenvalue weighted by Crippen LogP contribution is 2.55. The van der Waals surface area contributed by atoms with Crippen LogP contribution in [-0.4, -0.2) is 24.0 Å². The summed E-state index contributed by atoms with van der Waals surface area (Å²) in [5.74, 6) is 0. The molecule has 0 bridgehead atoms. The predicted octanol–water partition coefficient (Wildman–Crippen LogP) is 6.25. The first-order valence-corrected chi connectivity index (χ1v) is 11.1. The summed E-state index contributed by atoms with van der Waals surface area (Å²) in [7, 11) is 0.244. The smallest absolute Gasteiger partial charge is 0.0340 e. The molecule has 2 aliphatic rings. The zero-order valence-electron chi connectivity index (χ0n) is 14.0. The van der Waals surface area contributed by atoms with Gasteiger partial charge in [0, 0.05) is 12.2 Å². The van der Waals surface area contributed by atoms with E-state index in [4.69, 9.17) is 0 Å². The van der Waals surface area contributed by atoms with Crippen molar-refractivity contribution in [1.29, 1.82) is 0 Å². The van der Waals surface area contributed by atoms with E-state index >= 15 is 0 Å². The van der Waals surface area contributed by atoms with Crippen molar-refractivity contribution in [2.45, 2.75) is 75.5 Å². The van der Waals surface area contributed by atoms with Gasteiger partial charge >= 0.3 is 0 Å². The summed E-state index contributed by atoms with van der Waals surface area (Å²) < 4.78 is 0. The van der Waals surface area contributed by atoms with E-state index in [1.807, 2.05) is 0 Å². The normalized spacial score (nSPS) is 21.1. The molecule has 22 heavy (non-hydrogen) atoms. The summed E-state index contributed by atoms with van der Waals surface area (Å²) in [5.41, 5.74) is 3.47. The van der Waals surface area contributed by atoms with Crippen LogP contribution in [-0.2, 0) is 0 Å². The second-order valence-electron chi connectivity index (χ2n) is 7.11. The molecule has 0 unspecified atom stereocenters. The van der Waals surface area contributed by atoms with Crippen LogP contribution in [0, 0.1) is 0 Å². The Morgan fingerprint density at radius 3 is 1.86 bits per heavy atom. The van der Waals surface area contributed by atoms with Gasteiger partial charge in [-0.2, -0.15) is 0 Å². The number of hydrogen-bond donors (Lipinski definition) is 1. The number of benzene rings is 1. The van der Waals surface area contributed by atoms with E-state index in [0.29, 0.717) is 0 Å². The van der Waals surface area contributed by atoms with Crippen molar-refractivity contribution in [3.8, 4) is 0 Å². The van der Waals surface area contributed by atoms with Crippen molar-refractivity contribution in [2.24, 2.45) is 0 Å². The summed E-state index contributed by atoms with van der Waals surface area (Å²) in [4.78, 5) is 0. The Hall–Kier alpha value is -0.550. The molecular formula is C20H32NP. The van der Waals surface area contributed by atoms with E-state index in [1.54, 1.807) is 0 Å². The Balaban J connectivity index is 1.55. The van der Waals surface area contributed by atoms with Crippen LogP contribution in [0.3, 0.4) is 0 Å². The molecule has 1 nitrogen and oxygen atoms in total. The first-order chi connectivity index (χ1) is 10.9. The molecule has 2 fully saturated rings. The quantitative estimate of drug-likeness (QED) is 0.612. The first kappa shape index (κ1) is 16.3. The van der Waals surface area contributed by atoms with E-state index in [0.717, 1.165) is 11.3 Å². The highest BCUT2D eigenvalue weighted by molar-refractivity contribution is 7.59. The molecule has 0 aliphatic heterocycles. The van der Waals surface area contributed by atoms with Gasteiger partial charge in [0.2, 0.25) is 0 Å². The van der Waals surface area contributed by atoms with Gasteiger partial charge in [-0.15, -0.1) is 0 Å². The molecule has 122 valence electrons. The molecule has 1 N–H and O–H groups in total. The van der Waals surface area contributed by atoms with Gasteiger partial charge in [-0.3, -0.25) is 0 Å². The number of hydrogen-bond acceptors (Lipinski definition) is 1. The molecule has 1 aromatic carbocycles. The van der Waals surface area contributed by atoms with Crippen LogP contribution in [0.15, 0.2) is 30.3 Å². The van der Waals surface area contributed by atoms with Gasteiger partial charge in [0.1, 0.15) is 0 Å². The highest BCUT2D eigenvalue weighted by atomic mass is 31.1. The topological polar surface area (TPSA) is 12.0 Å². The minimum absolute atomic E-state index is 0.244. The zero-order valence-corrected chi connectivity index (χ0v) is 14.9. The summed E-state index contributed by atoms with van der Waals surface area (Å²) >= 11 is 0. The molecule has 0 radical (unpaired) electrons. The number of anilines is 1. The molecule has 0 amide bonds. The largest absolute Gasteiger partial charge is 0.385 e. The van der Waals surface area contributed by atoms with Crippen molar-refractivity contribution >= 4 is 13.6 Å². The van der Waals surface area contributed by atoms with E-state index in [1.165, 1.54) is 82.6 Å². The molecule has 3 rings (SSSR count). The Morgan fingerprint density at radius 2 is 1.32 bits per heavy atom. The summed E-state index contributed by atoms with van der Waals surface area (Å²) in [6, 6.07) is 10.8. The Kier molecular flexibility index (Phi) is 6.61. The van der Waals surface area contributed by atoms with Crippen LogP contribution in [0.25, 0.3) is 0 Å². The van der Waals surface area contributed by atoms with Gasteiger partial charge in [-0.1, -0.05) is 64.6 Å². The maximum Gasteiger partial charge on any atom is 0.0340 e. The number of rotatable bonds is 6. The minimum atomic E-state index is 0.244. The summed E-state index contributed by atoms with van der Waals surface area (Å²) in [5, 5.41) is 3.67. The molecular weight excluding hydrogens is 285 g/mol. The molecule has 1 aromatic rings. The minimum Gasteiger partial charge on any atom is -0.385 e. The molecule has 2 heteroatoms. The van der Waals surface area contributed by atoms with Crippen LogP contribution in [0.1, 0.15) is 64.2 Å². The van der Waals surface area contributed by atoms with Gasteiger partial charge in [0.25, 0.3) is 0 Å². The van der Waals surface area contributed by atoms with E-state index in [-0.39, 0.29) is 7.92 Å². The molecule has 2 saturated carbocycles. The van der Waals surface area contributed by atoms with Crippen molar-refractivity contribution < 1.29 is 0 Å². The van der Waals surface area contributed by atoms with E-state index < -0.39 is 0 Å². The van der Waals surface area contributed by atoms with Crippen LogP contribution >= 0.6 is 7.92 Å². The maximum atomic E-state index is 3.67. The van der Waals surface area contributed by atoms with Crippen molar-refractivity contribution in [3.63, 3.8) is 0 Å². The van der Waals surface area contributed by atoms with Gasteiger partial charge in [-0.05, 0) is 55.3 Å². The predicted molar refractivity (Wildman–Crippen MR) is 100 cm³/mol. The number of nitrogens with one attached hydrogen (secondary N) is 1. The van der Waals surface area contributed by atoms with Crippen molar-refractivity contribution in [1.82, 2.24) is 0 Å². The fraction of sp³-hybridized carbons (Fsp3) is 0.700. The van der Waals surface area contributed by atoms with Gasteiger partial charge in [0.15, 0.2) is 0 Å². The third-order valence-electron chi connectivity index (χ3n) is 5.56. The van der Waals surface area contributed by atoms with E-state index in [2.05, 4.69) is 35.6 Å². The SMILES string of the molecule is c1ccc(NCCP(C2CCCCC2)C2CCCCC2)cc1. The molecule has 0 saturated heterocycles. The maximum absolute atomic E-state index is 3.67. The summed E-state index contributed by atoms with van der Waals surface area (Å²) in [6.45, 7) is 1.18. The second-order valence-corrected chi connectivity index (χ2v) is 10.1. The molecule has 0 atom stereocenters. The van der Waals surface area contributed by atoms with Gasteiger partial charge in [-0.25, -0.2) is 0 Å². The van der Waals surface area contributed by atoms with Crippen LogP contribution in [0.5, 0.6) is 0 Å². The van der Waals surface area contributed by atoms with Crippen LogP contribution < -0.4 is 5.32 Å². The van der Waals surface area contributed by atoms with Crippen LogP contribution in [0.4, 0.5) is 5.69 Å². The lowest BCUT2D eigenvalue weighted by Gasteiger charge is -2.38. The lowest BCUT2D eigenvalue weighted by molar-refractivity contribution is 0.484. The summed E-state index contributed by atoms with van der Waals surface area (Å²) in [6.07, 6.45) is 16.6. The zero-order chi connectivity index (χ0) is 15.0.